The molecule has 0 saturated carbocycles. The highest BCUT2D eigenvalue weighted by Gasteiger charge is 2.13. The summed E-state index contributed by atoms with van der Waals surface area (Å²) in [6.45, 7) is 3.01. The monoisotopic (exact) mass is 421 g/mol. The number of benzene rings is 1. The molecule has 0 aliphatic rings. The van der Waals surface area contributed by atoms with Crippen LogP contribution in [0.25, 0.3) is 0 Å². The molecule has 1 aromatic heterocycles. The summed E-state index contributed by atoms with van der Waals surface area (Å²) in [5, 5.41) is 6.19. The van der Waals surface area contributed by atoms with Crippen LogP contribution in [-0.4, -0.2) is 59.3 Å². The summed E-state index contributed by atoms with van der Waals surface area (Å²) in [6.07, 6.45) is 2.71. The van der Waals surface area contributed by atoms with Crippen molar-refractivity contribution in [2.24, 2.45) is 4.99 Å². The summed E-state index contributed by atoms with van der Waals surface area (Å²) in [6, 6.07) is 10.5. The van der Waals surface area contributed by atoms with E-state index in [4.69, 9.17) is 9.47 Å². The number of aliphatic imine (C=N–C) groups is 1. The molecule has 0 radical (unpaired) electrons. The number of hydrogen-bond acceptors (Lipinski definition) is 6. The van der Waals surface area contributed by atoms with Gasteiger partial charge in [0.2, 0.25) is 10.0 Å². The van der Waals surface area contributed by atoms with Gasteiger partial charge in [-0.3, -0.25) is 9.98 Å². The average molecular weight is 422 g/mol. The van der Waals surface area contributed by atoms with Gasteiger partial charge in [-0.25, -0.2) is 13.1 Å². The second-order valence-electron chi connectivity index (χ2n) is 6.07. The number of rotatable bonds is 10. The third kappa shape index (κ3) is 7.59. The van der Waals surface area contributed by atoms with Gasteiger partial charge in [-0.15, -0.1) is 0 Å². The lowest BCUT2D eigenvalue weighted by molar-refractivity contribution is 0.223. The van der Waals surface area contributed by atoms with Gasteiger partial charge in [-0.1, -0.05) is 6.07 Å². The standard InChI is InChI=1S/C19H27N5O4S/c1-15(28-17-7-4-6-16(12-17)27-3)13-23-19(20-2)22-10-11-24-29(25,26)18-8-5-9-21-14-18/h4-9,12,14-15,24H,10-11,13H2,1-3H3,(H2,20,22,23). The van der Waals surface area contributed by atoms with Crippen LogP contribution in [0.5, 0.6) is 11.5 Å². The third-order valence-electron chi connectivity index (χ3n) is 3.81. The highest BCUT2D eigenvalue weighted by Crippen LogP contribution is 2.19. The number of nitrogens with zero attached hydrogens (tertiary/aromatic N) is 2. The van der Waals surface area contributed by atoms with Crippen molar-refractivity contribution in [2.45, 2.75) is 17.9 Å². The molecule has 0 bridgehead atoms. The van der Waals surface area contributed by atoms with Gasteiger partial charge >= 0.3 is 0 Å². The lowest BCUT2D eigenvalue weighted by Gasteiger charge is -2.18. The quantitative estimate of drug-likeness (QED) is 0.298. The van der Waals surface area contributed by atoms with Crippen molar-refractivity contribution in [3.05, 3.63) is 48.8 Å². The van der Waals surface area contributed by atoms with Gasteiger partial charge in [0.25, 0.3) is 0 Å². The third-order valence-corrected chi connectivity index (χ3v) is 5.26. The smallest absolute Gasteiger partial charge is 0.242 e. The predicted octanol–water partition coefficient (Wildman–Crippen LogP) is 1.00. The van der Waals surface area contributed by atoms with Crippen LogP contribution in [0.2, 0.25) is 0 Å². The van der Waals surface area contributed by atoms with E-state index < -0.39 is 10.0 Å². The van der Waals surface area contributed by atoms with E-state index in [2.05, 4.69) is 25.3 Å². The highest BCUT2D eigenvalue weighted by molar-refractivity contribution is 7.89. The van der Waals surface area contributed by atoms with Crippen LogP contribution in [0.15, 0.2) is 58.7 Å². The Morgan fingerprint density at radius 1 is 1.17 bits per heavy atom. The van der Waals surface area contributed by atoms with E-state index in [9.17, 15) is 8.42 Å². The summed E-state index contributed by atoms with van der Waals surface area (Å²) < 4.78 is 37.8. The lowest BCUT2D eigenvalue weighted by Crippen LogP contribution is -2.44. The summed E-state index contributed by atoms with van der Waals surface area (Å²) in [5.74, 6) is 1.99. The summed E-state index contributed by atoms with van der Waals surface area (Å²) in [4.78, 5) is 8.07. The first kappa shape index (κ1) is 22.4. The second-order valence-corrected chi connectivity index (χ2v) is 7.84. The molecule has 2 rings (SSSR count). The summed E-state index contributed by atoms with van der Waals surface area (Å²) in [7, 11) is -0.325. The average Bonchev–Trinajstić information content (AvgIpc) is 2.74. The number of aromatic nitrogens is 1. The topological polar surface area (TPSA) is 114 Å². The van der Waals surface area contributed by atoms with Crippen molar-refractivity contribution < 1.29 is 17.9 Å². The Labute approximate surface area is 171 Å². The van der Waals surface area contributed by atoms with Crippen LogP contribution < -0.4 is 24.8 Å². The molecule has 1 aromatic carbocycles. The van der Waals surface area contributed by atoms with Crippen LogP contribution >= 0.6 is 0 Å². The van der Waals surface area contributed by atoms with Crippen molar-refractivity contribution >= 4 is 16.0 Å². The molecule has 1 unspecified atom stereocenters. The fourth-order valence-corrected chi connectivity index (χ4v) is 3.36. The number of pyridine rings is 1. The van der Waals surface area contributed by atoms with Crippen LogP contribution in [0.1, 0.15) is 6.92 Å². The molecule has 1 heterocycles. The molecule has 0 amide bonds. The number of nitrogens with one attached hydrogen (secondary N) is 3. The minimum absolute atomic E-state index is 0.121. The first-order chi connectivity index (χ1) is 13.9. The fraction of sp³-hybridized carbons (Fsp3) is 0.368. The molecule has 0 aliphatic heterocycles. The molecular weight excluding hydrogens is 394 g/mol. The van der Waals surface area contributed by atoms with E-state index in [1.807, 2.05) is 31.2 Å². The van der Waals surface area contributed by atoms with E-state index >= 15 is 0 Å². The normalized spacial score (nSPS) is 12.9. The molecule has 0 spiro atoms. The minimum Gasteiger partial charge on any atom is -0.497 e. The molecule has 0 aliphatic carbocycles. The zero-order valence-electron chi connectivity index (χ0n) is 16.8. The molecule has 1 atom stereocenters. The maximum absolute atomic E-state index is 12.1. The van der Waals surface area contributed by atoms with Gasteiger partial charge in [0.05, 0.1) is 13.7 Å². The lowest BCUT2D eigenvalue weighted by atomic mass is 10.3. The number of hydrogen-bond donors (Lipinski definition) is 3. The van der Waals surface area contributed by atoms with E-state index in [1.54, 1.807) is 20.2 Å². The van der Waals surface area contributed by atoms with Gasteiger partial charge in [0.15, 0.2) is 5.96 Å². The van der Waals surface area contributed by atoms with Crippen molar-refractivity contribution in [1.82, 2.24) is 20.3 Å². The highest BCUT2D eigenvalue weighted by atomic mass is 32.2. The Hall–Kier alpha value is -2.85. The molecular formula is C19H27N5O4S. The van der Waals surface area contributed by atoms with Crippen molar-refractivity contribution in [3.63, 3.8) is 0 Å². The van der Waals surface area contributed by atoms with Crippen LogP contribution in [0.4, 0.5) is 0 Å². The molecule has 9 nitrogen and oxygen atoms in total. The number of ether oxygens (including phenoxy) is 2. The van der Waals surface area contributed by atoms with E-state index in [0.29, 0.717) is 24.8 Å². The molecule has 2 aromatic rings. The molecule has 29 heavy (non-hydrogen) atoms. The Bertz CT molecular complexity index is 890. The predicted molar refractivity (Wildman–Crippen MR) is 112 cm³/mol. The van der Waals surface area contributed by atoms with Crippen molar-refractivity contribution in [3.8, 4) is 11.5 Å². The van der Waals surface area contributed by atoms with Gasteiger partial charge in [0.1, 0.15) is 22.5 Å². The van der Waals surface area contributed by atoms with Crippen molar-refractivity contribution in [2.75, 3.05) is 33.8 Å². The Balaban J connectivity index is 1.72. The maximum atomic E-state index is 12.1. The molecule has 158 valence electrons. The molecule has 0 fully saturated rings. The number of sulfonamides is 1. The van der Waals surface area contributed by atoms with Crippen molar-refractivity contribution in [1.29, 1.82) is 0 Å². The Kier molecular flexibility index (Phi) is 8.68. The minimum atomic E-state index is -3.57. The molecule has 3 N–H and O–H groups in total. The van der Waals surface area contributed by atoms with E-state index in [0.717, 1.165) is 5.75 Å². The van der Waals surface area contributed by atoms with E-state index in [-0.39, 0.29) is 17.5 Å². The SMILES string of the molecule is CN=C(NCCNS(=O)(=O)c1cccnc1)NCC(C)Oc1cccc(OC)c1. The largest absolute Gasteiger partial charge is 0.497 e. The first-order valence-corrected chi connectivity index (χ1v) is 10.6. The van der Waals surface area contributed by atoms with Crippen LogP contribution in [0.3, 0.4) is 0 Å². The fourth-order valence-electron chi connectivity index (χ4n) is 2.37. The van der Waals surface area contributed by atoms with Gasteiger partial charge < -0.3 is 20.1 Å². The van der Waals surface area contributed by atoms with Gasteiger partial charge in [-0.2, -0.15) is 0 Å². The molecule has 10 heteroatoms. The molecule has 0 saturated heterocycles. The van der Waals surface area contributed by atoms with Gasteiger partial charge in [0, 0.05) is 38.6 Å². The number of guanidine groups is 1. The number of methoxy groups -OCH3 is 1. The van der Waals surface area contributed by atoms with Crippen LogP contribution in [-0.2, 0) is 10.0 Å². The maximum Gasteiger partial charge on any atom is 0.242 e. The zero-order valence-corrected chi connectivity index (χ0v) is 17.6. The van der Waals surface area contributed by atoms with E-state index in [1.165, 1.54) is 18.5 Å². The van der Waals surface area contributed by atoms with Crippen LogP contribution in [0, 0.1) is 0 Å². The summed E-state index contributed by atoms with van der Waals surface area (Å²) in [5.41, 5.74) is 0. The summed E-state index contributed by atoms with van der Waals surface area (Å²) >= 11 is 0. The second kappa shape index (κ2) is 11.2. The van der Waals surface area contributed by atoms with Gasteiger partial charge in [-0.05, 0) is 31.2 Å². The Morgan fingerprint density at radius 3 is 2.66 bits per heavy atom. The zero-order chi connectivity index (χ0) is 21.1. The Morgan fingerprint density at radius 2 is 1.97 bits per heavy atom. The first-order valence-electron chi connectivity index (χ1n) is 9.09.